The largest absolute Gasteiger partial charge is 0.345 e. The van der Waals surface area contributed by atoms with Crippen LogP contribution in [0.2, 0.25) is 0 Å². The maximum atomic E-state index is 12.0. The van der Waals surface area contributed by atoms with Crippen molar-refractivity contribution in [2.45, 2.75) is 26.2 Å². The summed E-state index contributed by atoms with van der Waals surface area (Å²) in [5.41, 5.74) is 1.68. The number of rotatable bonds is 6. The zero-order valence-corrected chi connectivity index (χ0v) is 12.7. The van der Waals surface area contributed by atoms with Crippen LogP contribution in [0.15, 0.2) is 29.8 Å². The molecule has 0 aromatic carbocycles. The second kappa shape index (κ2) is 7.14. The predicted octanol–water partition coefficient (Wildman–Crippen LogP) is 3.01. The highest BCUT2D eigenvalue weighted by Crippen LogP contribution is 2.21. The minimum atomic E-state index is 0.122. The van der Waals surface area contributed by atoms with Crippen LogP contribution in [0.3, 0.4) is 0 Å². The van der Waals surface area contributed by atoms with E-state index in [0.717, 1.165) is 35.8 Å². The van der Waals surface area contributed by atoms with Crippen molar-refractivity contribution in [1.82, 2.24) is 14.9 Å². The van der Waals surface area contributed by atoms with Gasteiger partial charge < -0.3 is 4.90 Å². The third-order valence-electron chi connectivity index (χ3n) is 3.04. The number of pyridine rings is 1. The smallest absolute Gasteiger partial charge is 0.228 e. The Morgan fingerprint density at radius 3 is 2.95 bits per heavy atom. The summed E-state index contributed by atoms with van der Waals surface area (Å²) in [5.74, 6) is 0.122. The average molecular weight is 289 g/mol. The highest BCUT2D eigenvalue weighted by atomic mass is 32.1. The molecular formula is C15H19N3OS. The molecule has 20 heavy (non-hydrogen) atoms. The Hall–Kier alpha value is -1.75. The lowest BCUT2D eigenvalue weighted by molar-refractivity contribution is -0.129. The third-order valence-corrected chi connectivity index (χ3v) is 3.95. The van der Waals surface area contributed by atoms with Gasteiger partial charge in [0, 0.05) is 25.2 Å². The lowest BCUT2D eigenvalue weighted by Crippen LogP contribution is -2.29. The quantitative estimate of drug-likeness (QED) is 0.821. The first-order valence-corrected chi connectivity index (χ1v) is 7.68. The van der Waals surface area contributed by atoms with Crippen molar-refractivity contribution in [2.75, 3.05) is 13.6 Å². The number of nitrogens with zero attached hydrogens (tertiary/aromatic N) is 3. The number of likely N-dealkylation sites (N-methyl/N-ethyl adjacent to an activating group) is 1. The SMILES string of the molecule is CCCCN(C)C(=O)Cc1csc(-c2ccccn2)n1. The van der Waals surface area contributed by atoms with Crippen molar-refractivity contribution >= 4 is 17.2 Å². The van der Waals surface area contributed by atoms with Gasteiger partial charge in [0.2, 0.25) is 5.91 Å². The van der Waals surface area contributed by atoms with E-state index in [1.165, 1.54) is 11.3 Å². The van der Waals surface area contributed by atoms with Gasteiger partial charge in [-0.2, -0.15) is 0 Å². The van der Waals surface area contributed by atoms with Crippen molar-refractivity contribution in [1.29, 1.82) is 0 Å². The van der Waals surface area contributed by atoms with Crippen LogP contribution in [0.25, 0.3) is 10.7 Å². The number of hydrogen-bond acceptors (Lipinski definition) is 4. The topological polar surface area (TPSA) is 46.1 Å². The Labute approximate surface area is 123 Å². The molecule has 0 aliphatic heterocycles. The van der Waals surface area contributed by atoms with Gasteiger partial charge in [-0.25, -0.2) is 4.98 Å². The van der Waals surface area contributed by atoms with E-state index < -0.39 is 0 Å². The molecule has 0 bridgehead atoms. The van der Waals surface area contributed by atoms with Crippen molar-refractivity contribution in [2.24, 2.45) is 0 Å². The molecule has 4 nitrogen and oxygen atoms in total. The van der Waals surface area contributed by atoms with Crippen LogP contribution in [0.5, 0.6) is 0 Å². The number of amides is 1. The van der Waals surface area contributed by atoms with Gasteiger partial charge in [-0.05, 0) is 18.6 Å². The molecule has 2 aromatic heterocycles. The summed E-state index contributed by atoms with van der Waals surface area (Å²) in [6.07, 6.45) is 4.25. The average Bonchev–Trinajstić information content (AvgIpc) is 2.94. The first-order chi connectivity index (χ1) is 9.70. The van der Waals surface area contributed by atoms with Gasteiger partial charge in [0.25, 0.3) is 0 Å². The van der Waals surface area contributed by atoms with Crippen LogP contribution in [0.4, 0.5) is 0 Å². The Bertz CT molecular complexity index is 553. The molecule has 2 heterocycles. The van der Waals surface area contributed by atoms with Gasteiger partial charge in [0.1, 0.15) is 5.01 Å². The fraction of sp³-hybridized carbons (Fsp3) is 0.400. The standard InChI is InChI=1S/C15H19N3OS/c1-3-4-9-18(2)14(19)10-12-11-20-15(17-12)13-7-5-6-8-16-13/h5-8,11H,3-4,9-10H2,1-2H3. The lowest BCUT2D eigenvalue weighted by Gasteiger charge is -2.15. The molecule has 0 unspecified atom stereocenters. The van der Waals surface area contributed by atoms with Crippen molar-refractivity contribution in [3.05, 3.63) is 35.5 Å². The Morgan fingerprint density at radius 2 is 2.25 bits per heavy atom. The van der Waals surface area contributed by atoms with E-state index in [4.69, 9.17) is 0 Å². The zero-order chi connectivity index (χ0) is 14.4. The van der Waals surface area contributed by atoms with Crippen LogP contribution in [-0.2, 0) is 11.2 Å². The maximum absolute atomic E-state index is 12.0. The molecular weight excluding hydrogens is 270 g/mol. The summed E-state index contributed by atoms with van der Waals surface area (Å²) < 4.78 is 0. The summed E-state index contributed by atoms with van der Waals surface area (Å²) >= 11 is 1.53. The summed E-state index contributed by atoms with van der Waals surface area (Å²) in [7, 11) is 1.85. The number of aromatic nitrogens is 2. The van der Waals surface area contributed by atoms with E-state index in [1.54, 1.807) is 11.1 Å². The fourth-order valence-electron chi connectivity index (χ4n) is 1.80. The van der Waals surface area contributed by atoms with Gasteiger partial charge in [-0.1, -0.05) is 19.4 Å². The van der Waals surface area contributed by atoms with Crippen molar-refractivity contribution in [3.8, 4) is 10.7 Å². The molecule has 1 amide bonds. The second-order valence-electron chi connectivity index (χ2n) is 4.70. The molecule has 5 heteroatoms. The monoisotopic (exact) mass is 289 g/mol. The predicted molar refractivity (Wildman–Crippen MR) is 81.6 cm³/mol. The maximum Gasteiger partial charge on any atom is 0.228 e. The number of unbranched alkanes of at least 4 members (excludes halogenated alkanes) is 1. The number of carbonyl (C=O) groups excluding carboxylic acids is 1. The van der Waals surface area contributed by atoms with Gasteiger partial charge in [0.15, 0.2) is 0 Å². The molecule has 0 fully saturated rings. The first kappa shape index (κ1) is 14.7. The fourth-order valence-corrected chi connectivity index (χ4v) is 2.60. The van der Waals surface area contributed by atoms with Crippen LogP contribution in [-0.4, -0.2) is 34.4 Å². The van der Waals surface area contributed by atoms with Gasteiger partial charge >= 0.3 is 0 Å². The van der Waals surface area contributed by atoms with E-state index in [0.29, 0.717) is 6.42 Å². The van der Waals surface area contributed by atoms with E-state index in [2.05, 4.69) is 16.9 Å². The normalized spacial score (nSPS) is 10.5. The minimum absolute atomic E-state index is 0.122. The van der Waals surface area contributed by atoms with Crippen LogP contribution >= 0.6 is 11.3 Å². The van der Waals surface area contributed by atoms with Gasteiger partial charge in [0.05, 0.1) is 17.8 Å². The molecule has 0 spiro atoms. The van der Waals surface area contributed by atoms with Gasteiger partial charge in [-0.15, -0.1) is 11.3 Å². The molecule has 0 saturated heterocycles. The van der Waals surface area contributed by atoms with Crippen LogP contribution in [0.1, 0.15) is 25.5 Å². The summed E-state index contributed by atoms with van der Waals surface area (Å²) in [5, 5.41) is 2.81. The van der Waals surface area contributed by atoms with Gasteiger partial charge in [-0.3, -0.25) is 9.78 Å². The molecule has 0 aliphatic rings. The molecule has 2 aromatic rings. The third kappa shape index (κ3) is 3.87. The highest BCUT2D eigenvalue weighted by molar-refractivity contribution is 7.13. The van der Waals surface area contributed by atoms with E-state index in [1.807, 2.05) is 30.6 Å². The molecule has 0 aliphatic carbocycles. The second-order valence-corrected chi connectivity index (χ2v) is 5.56. The highest BCUT2D eigenvalue weighted by Gasteiger charge is 2.12. The summed E-state index contributed by atoms with van der Waals surface area (Å²) in [6.45, 7) is 2.93. The number of hydrogen-bond donors (Lipinski definition) is 0. The number of carbonyl (C=O) groups is 1. The van der Waals surface area contributed by atoms with Crippen LogP contribution in [0, 0.1) is 0 Å². The summed E-state index contributed by atoms with van der Waals surface area (Å²) in [6, 6.07) is 5.75. The molecule has 0 N–H and O–H groups in total. The van der Waals surface area contributed by atoms with Crippen molar-refractivity contribution < 1.29 is 4.79 Å². The minimum Gasteiger partial charge on any atom is -0.345 e. The summed E-state index contributed by atoms with van der Waals surface area (Å²) in [4.78, 5) is 22.6. The van der Waals surface area contributed by atoms with E-state index in [-0.39, 0.29) is 5.91 Å². The van der Waals surface area contributed by atoms with E-state index in [9.17, 15) is 4.79 Å². The Balaban J connectivity index is 1.98. The molecule has 2 rings (SSSR count). The Kier molecular flexibility index (Phi) is 5.24. The lowest BCUT2D eigenvalue weighted by atomic mass is 10.2. The van der Waals surface area contributed by atoms with Crippen LogP contribution < -0.4 is 0 Å². The molecule has 0 radical (unpaired) electrons. The molecule has 106 valence electrons. The van der Waals surface area contributed by atoms with Crippen molar-refractivity contribution in [3.63, 3.8) is 0 Å². The first-order valence-electron chi connectivity index (χ1n) is 6.80. The Morgan fingerprint density at radius 1 is 1.40 bits per heavy atom. The van der Waals surface area contributed by atoms with E-state index >= 15 is 0 Å². The number of thiazole rings is 1. The zero-order valence-electron chi connectivity index (χ0n) is 11.9. The molecule has 0 atom stereocenters. The molecule has 0 saturated carbocycles.